The summed E-state index contributed by atoms with van der Waals surface area (Å²) in [5.74, 6) is 1.83. The summed E-state index contributed by atoms with van der Waals surface area (Å²) in [5, 5.41) is 5.16. The lowest BCUT2D eigenvalue weighted by atomic mass is 10.1. The second-order valence-corrected chi connectivity index (χ2v) is 6.43. The van der Waals surface area contributed by atoms with E-state index in [0.717, 1.165) is 16.3 Å². The highest BCUT2D eigenvalue weighted by Crippen LogP contribution is 2.27. The van der Waals surface area contributed by atoms with Crippen LogP contribution in [0.25, 0.3) is 10.8 Å². The molecule has 1 unspecified atom stereocenters. The van der Waals surface area contributed by atoms with E-state index in [2.05, 4.69) is 5.32 Å². The highest BCUT2D eigenvalue weighted by atomic mass is 16.5. The van der Waals surface area contributed by atoms with E-state index in [9.17, 15) is 4.79 Å². The summed E-state index contributed by atoms with van der Waals surface area (Å²) in [6, 6.07) is 19.5. The summed E-state index contributed by atoms with van der Waals surface area (Å²) in [7, 11) is 3.18. The van der Waals surface area contributed by atoms with Gasteiger partial charge in [0.1, 0.15) is 5.75 Å². The van der Waals surface area contributed by atoms with Crippen LogP contribution in [0.3, 0.4) is 0 Å². The number of fused-ring (bicyclic) bond motifs is 1. The van der Waals surface area contributed by atoms with Crippen molar-refractivity contribution in [3.05, 3.63) is 66.2 Å². The fourth-order valence-electron chi connectivity index (χ4n) is 3.02. The Morgan fingerprint density at radius 3 is 2.39 bits per heavy atom. The number of ether oxygens (including phenoxy) is 3. The molecule has 1 atom stereocenters. The number of hydrogen-bond acceptors (Lipinski definition) is 4. The first-order valence-electron chi connectivity index (χ1n) is 9.28. The predicted molar refractivity (Wildman–Crippen MR) is 110 cm³/mol. The van der Waals surface area contributed by atoms with Gasteiger partial charge in [-0.2, -0.15) is 0 Å². The first kappa shape index (κ1) is 19.5. The quantitative estimate of drug-likeness (QED) is 0.633. The molecule has 3 rings (SSSR count). The third-order valence-electron chi connectivity index (χ3n) is 4.58. The summed E-state index contributed by atoms with van der Waals surface area (Å²) in [6.45, 7) is 2.32. The zero-order valence-corrected chi connectivity index (χ0v) is 16.4. The van der Waals surface area contributed by atoms with Crippen LogP contribution in [-0.4, -0.2) is 26.2 Å². The van der Waals surface area contributed by atoms with E-state index >= 15 is 0 Å². The first-order valence-corrected chi connectivity index (χ1v) is 9.28. The topological polar surface area (TPSA) is 56.8 Å². The summed E-state index contributed by atoms with van der Waals surface area (Å²) >= 11 is 0. The molecule has 1 amide bonds. The molecule has 0 bridgehead atoms. The van der Waals surface area contributed by atoms with Crippen molar-refractivity contribution in [1.29, 1.82) is 0 Å². The smallest absolute Gasteiger partial charge is 0.261 e. The summed E-state index contributed by atoms with van der Waals surface area (Å²) in [4.78, 5) is 12.6. The molecule has 0 spiro atoms. The first-order chi connectivity index (χ1) is 13.6. The Labute approximate surface area is 165 Å². The Hall–Kier alpha value is -3.21. The van der Waals surface area contributed by atoms with Crippen LogP contribution in [0, 0.1) is 0 Å². The van der Waals surface area contributed by atoms with Gasteiger partial charge < -0.3 is 19.5 Å². The van der Waals surface area contributed by atoms with Crippen molar-refractivity contribution in [2.45, 2.75) is 26.0 Å². The molecule has 0 heterocycles. The molecule has 0 saturated heterocycles. The lowest BCUT2D eigenvalue weighted by Crippen LogP contribution is -2.37. The number of amides is 1. The van der Waals surface area contributed by atoms with Gasteiger partial charge in [0.15, 0.2) is 17.6 Å². The standard InChI is InChI=1S/C23H25NO4/c1-4-20(28-19-11-10-17-7-5-6-8-18(17)14-19)23(25)24-15-16-9-12-21(26-2)22(13-16)27-3/h5-14,20H,4,15H2,1-3H3,(H,24,25). The Kier molecular flexibility index (Phi) is 6.37. The van der Waals surface area contributed by atoms with E-state index in [1.54, 1.807) is 14.2 Å². The van der Waals surface area contributed by atoms with E-state index in [1.165, 1.54) is 0 Å². The largest absolute Gasteiger partial charge is 0.493 e. The van der Waals surface area contributed by atoms with Crippen LogP contribution in [0.4, 0.5) is 0 Å². The molecule has 3 aromatic rings. The second kappa shape index (κ2) is 9.13. The third kappa shape index (κ3) is 4.55. The van der Waals surface area contributed by atoms with E-state index < -0.39 is 6.10 Å². The minimum absolute atomic E-state index is 0.148. The van der Waals surface area contributed by atoms with E-state index in [4.69, 9.17) is 14.2 Å². The number of hydrogen-bond donors (Lipinski definition) is 1. The molecule has 146 valence electrons. The molecule has 3 aromatic carbocycles. The molecule has 28 heavy (non-hydrogen) atoms. The summed E-state index contributed by atoms with van der Waals surface area (Å²) in [5.41, 5.74) is 0.923. The van der Waals surface area contributed by atoms with Crippen LogP contribution in [-0.2, 0) is 11.3 Å². The normalized spacial score (nSPS) is 11.7. The minimum atomic E-state index is -0.554. The van der Waals surface area contributed by atoms with Gasteiger partial charge in [-0.3, -0.25) is 4.79 Å². The zero-order chi connectivity index (χ0) is 19.9. The molecule has 5 nitrogen and oxygen atoms in total. The van der Waals surface area contributed by atoms with Gasteiger partial charge in [-0.1, -0.05) is 43.3 Å². The average Bonchev–Trinajstić information content (AvgIpc) is 2.75. The maximum Gasteiger partial charge on any atom is 0.261 e. The molecular formula is C23H25NO4. The van der Waals surface area contributed by atoms with Crippen LogP contribution in [0.5, 0.6) is 17.2 Å². The van der Waals surface area contributed by atoms with Gasteiger partial charge in [0, 0.05) is 6.54 Å². The maximum atomic E-state index is 12.6. The highest BCUT2D eigenvalue weighted by molar-refractivity contribution is 5.84. The number of methoxy groups -OCH3 is 2. The maximum absolute atomic E-state index is 12.6. The minimum Gasteiger partial charge on any atom is -0.493 e. The van der Waals surface area contributed by atoms with Gasteiger partial charge in [-0.15, -0.1) is 0 Å². The Morgan fingerprint density at radius 2 is 1.68 bits per heavy atom. The molecular weight excluding hydrogens is 354 g/mol. The monoisotopic (exact) mass is 379 g/mol. The zero-order valence-electron chi connectivity index (χ0n) is 16.4. The number of rotatable bonds is 8. The van der Waals surface area contributed by atoms with Crippen LogP contribution in [0.15, 0.2) is 60.7 Å². The lowest BCUT2D eigenvalue weighted by molar-refractivity contribution is -0.128. The van der Waals surface area contributed by atoms with Crippen molar-refractivity contribution in [3.8, 4) is 17.2 Å². The molecule has 0 aliphatic heterocycles. The van der Waals surface area contributed by atoms with Crippen molar-refractivity contribution >= 4 is 16.7 Å². The summed E-state index contributed by atoms with van der Waals surface area (Å²) in [6.07, 6.45) is 0.0197. The molecule has 0 fully saturated rings. The van der Waals surface area contributed by atoms with Gasteiger partial charge in [0.2, 0.25) is 0 Å². The number of benzene rings is 3. The van der Waals surface area contributed by atoms with Crippen molar-refractivity contribution in [3.63, 3.8) is 0 Å². The molecule has 0 aliphatic rings. The fourth-order valence-corrected chi connectivity index (χ4v) is 3.02. The Balaban J connectivity index is 1.64. The van der Waals surface area contributed by atoms with Crippen LogP contribution in [0.2, 0.25) is 0 Å². The number of nitrogens with one attached hydrogen (secondary N) is 1. The molecule has 0 aliphatic carbocycles. The van der Waals surface area contributed by atoms with Crippen LogP contribution < -0.4 is 19.5 Å². The molecule has 5 heteroatoms. The molecule has 1 N–H and O–H groups in total. The Bertz CT molecular complexity index is 954. The highest BCUT2D eigenvalue weighted by Gasteiger charge is 2.18. The van der Waals surface area contributed by atoms with Crippen molar-refractivity contribution in [1.82, 2.24) is 5.32 Å². The lowest BCUT2D eigenvalue weighted by Gasteiger charge is -2.18. The van der Waals surface area contributed by atoms with Gasteiger partial charge in [-0.05, 0) is 47.0 Å². The number of carbonyl (C=O) groups excluding carboxylic acids is 1. The van der Waals surface area contributed by atoms with Gasteiger partial charge >= 0.3 is 0 Å². The molecule has 0 radical (unpaired) electrons. The van der Waals surface area contributed by atoms with Gasteiger partial charge in [0.25, 0.3) is 5.91 Å². The van der Waals surface area contributed by atoms with E-state index in [1.807, 2.05) is 67.6 Å². The van der Waals surface area contributed by atoms with Gasteiger partial charge in [0.05, 0.1) is 14.2 Å². The Morgan fingerprint density at radius 1 is 0.929 bits per heavy atom. The van der Waals surface area contributed by atoms with Crippen LogP contribution in [0.1, 0.15) is 18.9 Å². The SMILES string of the molecule is CCC(Oc1ccc2ccccc2c1)C(=O)NCc1ccc(OC)c(OC)c1. The van der Waals surface area contributed by atoms with Gasteiger partial charge in [-0.25, -0.2) is 0 Å². The van der Waals surface area contributed by atoms with Crippen molar-refractivity contribution in [2.24, 2.45) is 0 Å². The molecule has 0 saturated carbocycles. The van der Waals surface area contributed by atoms with Crippen molar-refractivity contribution in [2.75, 3.05) is 14.2 Å². The predicted octanol–water partition coefficient (Wildman–Crippen LogP) is 4.33. The average molecular weight is 379 g/mol. The second-order valence-electron chi connectivity index (χ2n) is 6.43. The third-order valence-corrected chi connectivity index (χ3v) is 4.58. The summed E-state index contributed by atoms with van der Waals surface area (Å²) < 4.78 is 16.5. The van der Waals surface area contributed by atoms with Crippen LogP contribution >= 0.6 is 0 Å². The van der Waals surface area contributed by atoms with E-state index in [-0.39, 0.29) is 5.91 Å². The fraction of sp³-hybridized carbons (Fsp3) is 0.261. The number of carbonyl (C=O) groups is 1. The molecule has 0 aromatic heterocycles. The van der Waals surface area contributed by atoms with Crippen molar-refractivity contribution < 1.29 is 19.0 Å². The van der Waals surface area contributed by atoms with E-state index in [0.29, 0.717) is 30.2 Å².